The Morgan fingerprint density at radius 3 is 2.94 bits per heavy atom. The summed E-state index contributed by atoms with van der Waals surface area (Å²) in [6.07, 6.45) is 3.17. The summed E-state index contributed by atoms with van der Waals surface area (Å²) in [5, 5.41) is 16.3. The number of nitrogens with one attached hydrogen (secondary N) is 1. The number of nitrogens with zero attached hydrogens (tertiary/aromatic N) is 2. The van der Waals surface area contributed by atoms with E-state index >= 15 is 0 Å². The average molecular weight is 508 g/mol. The van der Waals surface area contributed by atoms with E-state index in [4.69, 9.17) is 14.0 Å². The van der Waals surface area contributed by atoms with Crippen molar-refractivity contribution >= 4 is 23.2 Å². The van der Waals surface area contributed by atoms with Crippen LogP contribution in [-0.4, -0.2) is 30.2 Å². The van der Waals surface area contributed by atoms with Crippen LogP contribution in [-0.2, 0) is 35.3 Å². The molecule has 4 rings (SSSR count). The third kappa shape index (κ3) is 5.94. The largest absolute Gasteiger partial charge is 0.497 e. The number of hydrogen-bond acceptors (Lipinski definition) is 8. The molecule has 2 atom stereocenters. The van der Waals surface area contributed by atoms with Crippen LogP contribution in [0.1, 0.15) is 63.4 Å². The van der Waals surface area contributed by atoms with E-state index in [9.17, 15) is 14.9 Å². The number of rotatable bonds is 9. The number of aryl methyl sites for hydroxylation is 1. The minimum atomic E-state index is -0.497. The second-order valence-electron chi connectivity index (χ2n) is 9.06. The number of aromatic nitrogens is 1. The number of carbonyl (C=O) groups is 2. The van der Waals surface area contributed by atoms with E-state index in [1.54, 1.807) is 14.0 Å². The molecule has 0 saturated heterocycles. The highest BCUT2D eigenvalue weighted by atomic mass is 32.1. The fraction of sp³-hybridized carbons (Fsp3) is 0.407. The topological polar surface area (TPSA) is 114 Å². The molecule has 36 heavy (non-hydrogen) atoms. The molecule has 1 N–H and O–H groups in total. The lowest BCUT2D eigenvalue weighted by molar-refractivity contribution is -0.118. The van der Waals surface area contributed by atoms with Crippen LogP contribution in [0.2, 0.25) is 0 Å². The molecule has 0 aliphatic heterocycles. The number of amides is 1. The van der Waals surface area contributed by atoms with Crippen LogP contribution >= 0.6 is 11.3 Å². The van der Waals surface area contributed by atoms with E-state index < -0.39 is 6.09 Å². The van der Waals surface area contributed by atoms with Gasteiger partial charge in [-0.2, -0.15) is 5.26 Å². The number of Topliss-reactive ketones (excluding diaryl/α,β-unsaturated/α-hetero) is 1. The molecule has 0 fully saturated rings. The van der Waals surface area contributed by atoms with E-state index in [0.717, 1.165) is 37.9 Å². The Hall–Kier alpha value is -3.64. The van der Waals surface area contributed by atoms with E-state index in [1.807, 2.05) is 31.2 Å². The Morgan fingerprint density at radius 1 is 1.39 bits per heavy atom. The molecule has 0 bridgehead atoms. The van der Waals surface area contributed by atoms with Gasteiger partial charge in [0.1, 0.15) is 30.0 Å². The third-order valence-corrected chi connectivity index (χ3v) is 7.76. The van der Waals surface area contributed by atoms with Crippen LogP contribution in [0.25, 0.3) is 0 Å². The van der Waals surface area contributed by atoms with Gasteiger partial charge in [-0.3, -0.25) is 4.79 Å². The Labute approximate surface area is 214 Å². The number of nitriles is 1. The minimum Gasteiger partial charge on any atom is -0.497 e. The van der Waals surface area contributed by atoms with Crippen LogP contribution < -0.4 is 10.1 Å². The summed E-state index contributed by atoms with van der Waals surface area (Å²) < 4.78 is 15.8. The summed E-state index contributed by atoms with van der Waals surface area (Å²) in [6.45, 7) is 4.11. The molecule has 188 valence electrons. The summed E-state index contributed by atoms with van der Waals surface area (Å²) in [7, 11) is 1.62. The molecule has 0 saturated carbocycles. The molecule has 9 heteroatoms. The van der Waals surface area contributed by atoms with Crippen molar-refractivity contribution in [3.63, 3.8) is 0 Å². The van der Waals surface area contributed by atoms with Gasteiger partial charge in [0.2, 0.25) is 0 Å². The van der Waals surface area contributed by atoms with Crippen molar-refractivity contribution in [1.82, 2.24) is 10.5 Å². The molecule has 0 spiro atoms. The zero-order valence-corrected chi connectivity index (χ0v) is 21.4. The molecular weight excluding hydrogens is 478 g/mol. The van der Waals surface area contributed by atoms with Gasteiger partial charge >= 0.3 is 6.09 Å². The molecule has 1 amide bonds. The van der Waals surface area contributed by atoms with Gasteiger partial charge in [-0.05, 0) is 48.9 Å². The number of alkyl carbamates (subject to hydrolysis) is 1. The highest BCUT2D eigenvalue weighted by molar-refractivity contribution is 7.12. The van der Waals surface area contributed by atoms with Crippen LogP contribution in [0.15, 0.2) is 35.1 Å². The molecule has 2 unspecified atom stereocenters. The molecule has 1 aliphatic rings. The zero-order chi connectivity index (χ0) is 25.7. The fourth-order valence-electron chi connectivity index (χ4n) is 4.47. The van der Waals surface area contributed by atoms with Crippen molar-refractivity contribution in [2.45, 2.75) is 64.5 Å². The first-order chi connectivity index (χ1) is 17.4. The number of methoxy groups -OCH3 is 1. The van der Waals surface area contributed by atoms with Crippen molar-refractivity contribution in [3.8, 4) is 11.8 Å². The van der Waals surface area contributed by atoms with E-state index in [0.29, 0.717) is 31.2 Å². The highest BCUT2D eigenvalue weighted by Gasteiger charge is 2.28. The molecule has 2 aromatic heterocycles. The second-order valence-corrected chi connectivity index (χ2v) is 10.2. The Balaban J connectivity index is 1.35. The SMILES string of the molecule is COc1cccc(C(C)CC(=O)Cc2sc3c(c2C#N)CCC(OC(=O)NCc2conc2C)C3)c1. The highest BCUT2D eigenvalue weighted by Crippen LogP contribution is 2.36. The van der Waals surface area contributed by atoms with E-state index in [-0.39, 0.29) is 30.8 Å². The zero-order valence-electron chi connectivity index (χ0n) is 20.6. The van der Waals surface area contributed by atoms with Gasteiger partial charge in [0, 0.05) is 34.6 Å². The third-order valence-electron chi connectivity index (χ3n) is 6.51. The number of thiophene rings is 1. The van der Waals surface area contributed by atoms with Crippen molar-refractivity contribution in [2.24, 2.45) is 0 Å². The standard InChI is InChI=1S/C27H29N3O5S/c1-16(18-5-4-6-21(10-18)33-3)9-20(31)11-25-24(13-28)23-8-7-22(12-26(23)36-25)35-27(32)29-14-19-15-34-30-17(19)2/h4-6,10,15-16,22H,7-9,11-12,14H2,1-3H3,(H,29,32). The van der Waals surface area contributed by atoms with Gasteiger partial charge in [-0.25, -0.2) is 4.79 Å². The maximum atomic E-state index is 12.9. The summed E-state index contributed by atoms with van der Waals surface area (Å²) in [5.41, 5.74) is 4.17. The van der Waals surface area contributed by atoms with Crippen LogP contribution in [0.3, 0.4) is 0 Å². The van der Waals surface area contributed by atoms with Gasteiger partial charge in [0.15, 0.2) is 0 Å². The lowest BCUT2D eigenvalue weighted by Crippen LogP contribution is -2.31. The first-order valence-corrected chi connectivity index (χ1v) is 12.7. The van der Waals surface area contributed by atoms with Crippen LogP contribution in [0, 0.1) is 18.3 Å². The summed E-state index contributed by atoms with van der Waals surface area (Å²) in [4.78, 5) is 27.0. The summed E-state index contributed by atoms with van der Waals surface area (Å²) in [6, 6.07) is 10.1. The van der Waals surface area contributed by atoms with Gasteiger partial charge in [0.05, 0.1) is 24.9 Å². The number of ether oxygens (including phenoxy) is 2. The monoisotopic (exact) mass is 507 g/mol. The Kier molecular flexibility index (Phi) is 8.06. The number of ketones is 1. The number of hydrogen-bond donors (Lipinski definition) is 1. The molecule has 3 aromatic rings. The van der Waals surface area contributed by atoms with Crippen molar-refractivity contribution < 1.29 is 23.6 Å². The van der Waals surface area contributed by atoms with E-state index in [1.165, 1.54) is 17.6 Å². The molecule has 1 aliphatic carbocycles. The molecule has 8 nitrogen and oxygen atoms in total. The normalized spacial score (nSPS) is 15.4. The van der Waals surface area contributed by atoms with Crippen molar-refractivity contribution in [3.05, 3.63) is 68.2 Å². The van der Waals surface area contributed by atoms with Gasteiger partial charge in [0.25, 0.3) is 0 Å². The second kappa shape index (κ2) is 11.4. The first kappa shape index (κ1) is 25.5. The molecular formula is C27H29N3O5S. The van der Waals surface area contributed by atoms with Crippen LogP contribution in [0.5, 0.6) is 5.75 Å². The van der Waals surface area contributed by atoms with Crippen LogP contribution in [0.4, 0.5) is 4.79 Å². The lowest BCUT2D eigenvalue weighted by Gasteiger charge is -2.22. The van der Waals surface area contributed by atoms with Gasteiger partial charge in [-0.15, -0.1) is 11.3 Å². The minimum absolute atomic E-state index is 0.0469. The smallest absolute Gasteiger partial charge is 0.407 e. The quantitative estimate of drug-likeness (QED) is 0.433. The number of carbonyl (C=O) groups excluding carboxylic acids is 2. The summed E-state index contributed by atoms with van der Waals surface area (Å²) >= 11 is 1.49. The van der Waals surface area contributed by atoms with Gasteiger partial charge in [-0.1, -0.05) is 24.2 Å². The fourth-order valence-corrected chi connectivity index (χ4v) is 5.87. The molecule has 2 heterocycles. The molecule has 0 radical (unpaired) electrons. The van der Waals surface area contributed by atoms with E-state index in [2.05, 4.69) is 16.5 Å². The van der Waals surface area contributed by atoms with Crippen molar-refractivity contribution in [2.75, 3.05) is 7.11 Å². The predicted octanol–water partition coefficient (Wildman–Crippen LogP) is 5.01. The average Bonchev–Trinajstić information content (AvgIpc) is 3.44. The van der Waals surface area contributed by atoms with Crippen molar-refractivity contribution in [1.29, 1.82) is 5.26 Å². The molecule has 1 aromatic carbocycles. The first-order valence-electron chi connectivity index (χ1n) is 11.9. The summed E-state index contributed by atoms with van der Waals surface area (Å²) in [5.74, 6) is 0.908. The Bertz CT molecular complexity index is 1290. The van der Waals surface area contributed by atoms with Gasteiger partial charge < -0.3 is 19.3 Å². The number of fused-ring (bicyclic) bond motifs is 1. The maximum Gasteiger partial charge on any atom is 0.407 e. The lowest BCUT2D eigenvalue weighted by atomic mass is 9.91. The Morgan fingerprint density at radius 2 is 2.22 bits per heavy atom. The number of benzene rings is 1. The predicted molar refractivity (Wildman–Crippen MR) is 134 cm³/mol. The maximum absolute atomic E-state index is 12.9.